The first-order chi connectivity index (χ1) is 17.8. The Hall–Kier alpha value is -3.21. The molecule has 1 aromatic carbocycles. The Bertz CT molecular complexity index is 1200. The van der Waals surface area contributed by atoms with Crippen LogP contribution >= 0.6 is 0 Å². The predicted molar refractivity (Wildman–Crippen MR) is 150 cm³/mol. The van der Waals surface area contributed by atoms with Crippen LogP contribution in [0.1, 0.15) is 90.9 Å². The van der Waals surface area contributed by atoms with Crippen LogP contribution in [-0.2, 0) is 14.3 Å². The zero-order valence-electron chi connectivity index (χ0n) is 23.9. The van der Waals surface area contributed by atoms with Gasteiger partial charge in [-0.1, -0.05) is 67.0 Å². The van der Waals surface area contributed by atoms with Crippen molar-refractivity contribution in [1.29, 1.82) is 0 Å². The Morgan fingerprint density at radius 2 is 1.63 bits per heavy atom. The van der Waals surface area contributed by atoms with Gasteiger partial charge in [0.25, 0.3) is 0 Å². The Labute approximate surface area is 227 Å². The minimum atomic E-state index is -1.30. The van der Waals surface area contributed by atoms with E-state index in [9.17, 15) is 19.5 Å². The molecule has 2 bridgehead atoms. The summed E-state index contributed by atoms with van der Waals surface area (Å²) in [6.45, 7) is 14.1. The number of ether oxygens (including phenoxy) is 1. The zero-order valence-corrected chi connectivity index (χ0v) is 23.9. The molecule has 0 aliphatic heterocycles. The summed E-state index contributed by atoms with van der Waals surface area (Å²) < 4.78 is 5.56. The summed E-state index contributed by atoms with van der Waals surface area (Å²) >= 11 is 0. The van der Waals surface area contributed by atoms with Crippen molar-refractivity contribution in [2.75, 3.05) is 0 Å². The lowest BCUT2D eigenvalue weighted by Crippen LogP contribution is -2.59. The Kier molecular flexibility index (Phi) is 9.01. The second-order valence-corrected chi connectivity index (χ2v) is 12.0. The predicted octanol–water partition coefficient (Wildman–Crippen LogP) is 7.85. The van der Waals surface area contributed by atoms with Crippen LogP contribution in [0, 0.1) is 22.7 Å². The molecule has 3 atom stereocenters. The maximum absolute atomic E-state index is 14.0. The van der Waals surface area contributed by atoms with Gasteiger partial charge in [-0.05, 0) is 90.2 Å². The standard InChI is InChI=1S/C33H42O5/c1-21(2)12-11-13-23(5)16-17-25-20-33(19-18-22(3)4)29(35)26(32(25,6)7)27(34)28(30(33)36)38-31(37)24-14-9-8-10-15-24/h8-10,12,14-16,18,25-26,36H,11,13,17,19-20H2,1-7H3/b23-16-/t25-,26-,33-/m1/s1. The Morgan fingerprint density at radius 1 is 1.00 bits per heavy atom. The molecular weight excluding hydrogens is 476 g/mol. The minimum Gasteiger partial charge on any atom is -0.507 e. The van der Waals surface area contributed by atoms with E-state index in [2.05, 4.69) is 32.9 Å². The highest BCUT2D eigenvalue weighted by Gasteiger charge is 2.64. The normalized spacial score (nSPS) is 24.7. The molecule has 0 amide bonds. The van der Waals surface area contributed by atoms with Gasteiger partial charge in [0.05, 0.1) is 16.9 Å². The lowest BCUT2D eigenvalue weighted by Gasteiger charge is -2.53. The van der Waals surface area contributed by atoms with Crippen molar-refractivity contribution < 1.29 is 24.2 Å². The molecule has 3 rings (SSSR count). The van der Waals surface area contributed by atoms with Gasteiger partial charge in [-0.2, -0.15) is 0 Å². The SMILES string of the molecule is CC(C)=CCC/C(C)=C\C[C@@H]1C[C@]2(CC=C(C)C)C(=O)[C@@H](C(=O)C(OC(=O)c3ccccc3)=C2O)C1(C)C. The average molecular weight is 519 g/mol. The molecule has 1 N–H and O–H groups in total. The van der Waals surface area contributed by atoms with Gasteiger partial charge in [0, 0.05) is 0 Å². The van der Waals surface area contributed by atoms with Crippen molar-refractivity contribution in [1.82, 2.24) is 0 Å². The number of hydrogen-bond donors (Lipinski definition) is 1. The highest BCUT2D eigenvalue weighted by molar-refractivity contribution is 6.17. The van der Waals surface area contributed by atoms with E-state index in [-0.39, 0.29) is 29.4 Å². The molecule has 1 aromatic rings. The molecule has 5 nitrogen and oxygen atoms in total. The molecule has 204 valence electrons. The second-order valence-electron chi connectivity index (χ2n) is 12.0. The van der Waals surface area contributed by atoms with E-state index in [4.69, 9.17) is 4.74 Å². The third-order valence-corrected chi connectivity index (χ3v) is 8.18. The lowest BCUT2D eigenvalue weighted by atomic mass is 9.48. The molecule has 2 aliphatic rings. The number of benzene rings is 1. The van der Waals surface area contributed by atoms with Crippen LogP contribution < -0.4 is 0 Å². The van der Waals surface area contributed by atoms with Crippen molar-refractivity contribution in [2.45, 2.75) is 80.6 Å². The van der Waals surface area contributed by atoms with Crippen molar-refractivity contribution in [3.05, 3.63) is 82.4 Å². The third-order valence-electron chi connectivity index (χ3n) is 8.18. The second kappa shape index (κ2) is 11.7. The van der Waals surface area contributed by atoms with Crippen LogP contribution in [0.15, 0.2) is 76.8 Å². The number of hydrogen-bond acceptors (Lipinski definition) is 5. The molecule has 1 fully saturated rings. The molecule has 0 spiro atoms. The topological polar surface area (TPSA) is 80.7 Å². The molecular formula is C33H42O5. The maximum atomic E-state index is 14.0. The lowest BCUT2D eigenvalue weighted by molar-refractivity contribution is -0.157. The summed E-state index contributed by atoms with van der Waals surface area (Å²) in [5.41, 5.74) is 1.86. The number of aliphatic hydroxyl groups is 1. The number of esters is 1. The van der Waals surface area contributed by atoms with Gasteiger partial charge in [-0.15, -0.1) is 0 Å². The minimum absolute atomic E-state index is 0.0216. The van der Waals surface area contributed by atoms with Gasteiger partial charge in [-0.3, -0.25) is 9.59 Å². The first-order valence-corrected chi connectivity index (χ1v) is 13.5. The molecule has 0 radical (unpaired) electrons. The van der Waals surface area contributed by atoms with Crippen molar-refractivity contribution in [2.24, 2.45) is 22.7 Å². The summed E-state index contributed by atoms with van der Waals surface area (Å²) in [4.78, 5) is 40.6. The van der Waals surface area contributed by atoms with Crippen LogP contribution in [0.4, 0.5) is 0 Å². The number of carbonyl (C=O) groups excluding carboxylic acids is 3. The van der Waals surface area contributed by atoms with Gasteiger partial charge in [-0.25, -0.2) is 4.79 Å². The van der Waals surface area contributed by atoms with Crippen LogP contribution in [-0.4, -0.2) is 22.6 Å². The molecule has 2 aliphatic carbocycles. The maximum Gasteiger partial charge on any atom is 0.343 e. The zero-order chi connectivity index (χ0) is 28.3. The Balaban J connectivity index is 2.03. The summed E-state index contributed by atoms with van der Waals surface area (Å²) in [6.07, 6.45) is 9.62. The number of ketones is 2. The van der Waals surface area contributed by atoms with Crippen LogP contribution in [0.2, 0.25) is 0 Å². The van der Waals surface area contributed by atoms with Gasteiger partial charge >= 0.3 is 5.97 Å². The molecule has 5 heteroatoms. The fourth-order valence-electron chi connectivity index (χ4n) is 5.67. The number of allylic oxidation sites excluding steroid dienone is 8. The van der Waals surface area contributed by atoms with Crippen molar-refractivity contribution in [3.63, 3.8) is 0 Å². The smallest absolute Gasteiger partial charge is 0.343 e. The molecule has 0 unspecified atom stereocenters. The largest absolute Gasteiger partial charge is 0.507 e. The van der Waals surface area contributed by atoms with Gasteiger partial charge in [0.15, 0.2) is 11.5 Å². The van der Waals surface area contributed by atoms with Gasteiger partial charge in [0.1, 0.15) is 0 Å². The van der Waals surface area contributed by atoms with Crippen molar-refractivity contribution in [3.8, 4) is 0 Å². The van der Waals surface area contributed by atoms with Crippen LogP contribution in [0.5, 0.6) is 0 Å². The first kappa shape index (κ1) is 29.3. The molecule has 0 saturated heterocycles. The number of carbonyl (C=O) groups is 3. The van der Waals surface area contributed by atoms with E-state index in [0.717, 1.165) is 18.4 Å². The summed E-state index contributed by atoms with van der Waals surface area (Å²) in [5.74, 6) is -3.42. The van der Waals surface area contributed by atoms with E-state index < -0.39 is 34.3 Å². The summed E-state index contributed by atoms with van der Waals surface area (Å²) in [5, 5.41) is 11.5. The van der Waals surface area contributed by atoms with E-state index >= 15 is 0 Å². The summed E-state index contributed by atoms with van der Waals surface area (Å²) in [7, 11) is 0. The molecule has 38 heavy (non-hydrogen) atoms. The van der Waals surface area contributed by atoms with Crippen LogP contribution in [0.25, 0.3) is 0 Å². The van der Waals surface area contributed by atoms with E-state index in [1.54, 1.807) is 30.3 Å². The fourth-order valence-corrected chi connectivity index (χ4v) is 5.67. The number of rotatable bonds is 9. The van der Waals surface area contributed by atoms with E-state index in [1.807, 2.05) is 33.8 Å². The highest BCUT2D eigenvalue weighted by Crippen LogP contribution is 2.59. The van der Waals surface area contributed by atoms with E-state index in [0.29, 0.717) is 12.8 Å². The van der Waals surface area contributed by atoms with Gasteiger partial charge in [0.2, 0.25) is 11.5 Å². The molecule has 0 aromatic heterocycles. The average Bonchev–Trinajstić information content (AvgIpc) is 2.85. The fraction of sp³-hybridized carbons (Fsp3) is 0.485. The highest BCUT2D eigenvalue weighted by atomic mass is 16.5. The van der Waals surface area contributed by atoms with E-state index in [1.165, 1.54) is 11.1 Å². The number of aliphatic hydroxyl groups excluding tert-OH is 1. The van der Waals surface area contributed by atoms with Crippen molar-refractivity contribution >= 4 is 17.5 Å². The number of Topliss-reactive ketones (excluding diaryl/α,β-unsaturated/α-hetero) is 2. The monoisotopic (exact) mass is 518 g/mol. The quantitative estimate of drug-likeness (QED) is 0.204. The summed E-state index contributed by atoms with van der Waals surface area (Å²) in [6, 6.07) is 8.35. The molecule has 0 heterocycles. The third kappa shape index (κ3) is 5.92. The Morgan fingerprint density at radius 3 is 2.24 bits per heavy atom. The number of fused-ring (bicyclic) bond motifs is 2. The molecule has 1 saturated carbocycles. The van der Waals surface area contributed by atoms with Gasteiger partial charge < -0.3 is 9.84 Å². The first-order valence-electron chi connectivity index (χ1n) is 13.5. The van der Waals surface area contributed by atoms with Crippen LogP contribution in [0.3, 0.4) is 0 Å².